The van der Waals surface area contributed by atoms with Gasteiger partial charge < -0.3 is 9.88 Å². The smallest absolute Gasteiger partial charge is 0.254 e. The molecule has 1 aromatic carbocycles. The standard InChI is InChI=1S/C16H22N2O/c1-11(2)14(10-17-3)13-9-12-7-5-6-8-15(12)18(4)16(13)19/h5-9,11,14,17H,10H2,1-4H3. The highest BCUT2D eigenvalue weighted by Gasteiger charge is 2.19. The third-order valence-electron chi connectivity index (χ3n) is 3.79. The zero-order chi connectivity index (χ0) is 14.0. The largest absolute Gasteiger partial charge is 0.319 e. The molecule has 0 aliphatic carbocycles. The molecule has 0 fully saturated rings. The van der Waals surface area contributed by atoms with Crippen LogP contribution in [0.15, 0.2) is 35.1 Å². The van der Waals surface area contributed by atoms with Crippen molar-refractivity contribution in [2.45, 2.75) is 19.8 Å². The van der Waals surface area contributed by atoms with Crippen LogP contribution in [0.5, 0.6) is 0 Å². The first kappa shape index (κ1) is 13.8. The highest BCUT2D eigenvalue weighted by molar-refractivity contribution is 5.79. The molecule has 2 rings (SSSR count). The maximum atomic E-state index is 12.5. The Kier molecular flexibility index (Phi) is 4.05. The number of nitrogens with zero attached hydrogens (tertiary/aromatic N) is 1. The number of nitrogens with one attached hydrogen (secondary N) is 1. The van der Waals surface area contributed by atoms with Gasteiger partial charge in [-0.25, -0.2) is 0 Å². The van der Waals surface area contributed by atoms with Gasteiger partial charge in [-0.05, 0) is 30.5 Å². The van der Waals surface area contributed by atoms with Crippen molar-refractivity contribution in [2.24, 2.45) is 13.0 Å². The van der Waals surface area contributed by atoms with Crippen LogP contribution in [-0.4, -0.2) is 18.2 Å². The van der Waals surface area contributed by atoms with Gasteiger partial charge in [-0.1, -0.05) is 32.0 Å². The lowest BCUT2D eigenvalue weighted by Gasteiger charge is -2.21. The third kappa shape index (κ3) is 2.56. The number of benzene rings is 1. The fourth-order valence-corrected chi connectivity index (χ4v) is 2.64. The van der Waals surface area contributed by atoms with Crippen LogP contribution in [-0.2, 0) is 7.05 Å². The minimum Gasteiger partial charge on any atom is -0.319 e. The van der Waals surface area contributed by atoms with E-state index >= 15 is 0 Å². The molecule has 1 aromatic heterocycles. The Morgan fingerprint density at radius 1 is 1.26 bits per heavy atom. The number of aromatic nitrogens is 1. The van der Waals surface area contributed by atoms with Gasteiger partial charge in [0.15, 0.2) is 0 Å². The van der Waals surface area contributed by atoms with Crippen LogP contribution in [0.25, 0.3) is 10.9 Å². The zero-order valence-corrected chi connectivity index (χ0v) is 12.1. The first-order valence-corrected chi connectivity index (χ1v) is 6.79. The van der Waals surface area contributed by atoms with Crippen LogP contribution in [0.1, 0.15) is 25.3 Å². The van der Waals surface area contributed by atoms with Crippen LogP contribution >= 0.6 is 0 Å². The van der Waals surface area contributed by atoms with Crippen LogP contribution in [0, 0.1) is 5.92 Å². The minimum absolute atomic E-state index is 0.118. The van der Waals surface area contributed by atoms with Crippen LogP contribution in [0.3, 0.4) is 0 Å². The SMILES string of the molecule is CNCC(c1cc2ccccc2n(C)c1=O)C(C)C. The van der Waals surface area contributed by atoms with E-state index in [1.165, 1.54) is 0 Å². The van der Waals surface area contributed by atoms with Crippen LogP contribution in [0.2, 0.25) is 0 Å². The lowest BCUT2D eigenvalue weighted by molar-refractivity contribution is 0.473. The van der Waals surface area contributed by atoms with Gasteiger partial charge in [0.25, 0.3) is 5.56 Å². The average Bonchev–Trinajstić information content (AvgIpc) is 2.40. The van der Waals surface area contributed by atoms with Crippen molar-refractivity contribution >= 4 is 10.9 Å². The lowest BCUT2D eigenvalue weighted by atomic mass is 9.88. The average molecular weight is 258 g/mol. The lowest BCUT2D eigenvalue weighted by Crippen LogP contribution is -2.30. The van der Waals surface area contributed by atoms with E-state index in [4.69, 9.17) is 0 Å². The Morgan fingerprint density at radius 2 is 1.95 bits per heavy atom. The number of hydrogen-bond donors (Lipinski definition) is 1. The Bertz CT molecular complexity index is 628. The van der Waals surface area contributed by atoms with Crippen LogP contribution < -0.4 is 10.9 Å². The summed E-state index contributed by atoms with van der Waals surface area (Å²) >= 11 is 0. The Balaban J connectivity index is 2.66. The summed E-state index contributed by atoms with van der Waals surface area (Å²) in [5, 5.41) is 4.32. The summed E-state index contributed by atoms with van der Waals surface area (Å²) < 4.78 is 1.76. The molecule has 1 heterocycles. The van der Waals surface area contributed by atoms with E-state index in [2.05, 4.69) is 31.3 Å². The van der Waals surface area contributed by atoms with Crippen LogP contribution in [0.4, 0.5) is 0 Å². The number of fused-ring (bicyclic) bond motifs is 1. The monoisotopic (exact) mass is 258 g/mol. The summed E-state index contributed by atoms with van der Waals surface area (Å²) in [4.78, 5) is 12.5. The Hall–Kier alpha value is -1.61. The van der Waals surface area contributed by atoms with Crippen molar-refractivity contribution in [3.05, 3.63) is 46.2 Å². The van der Waals surface area contributed by atoms with E-state index in [0.717, 1.165) is 23.0 Å². The molecule has 1 unspecified atom stereocenters. The van der Waals surface area contributed by atoms with E-state index in [1.807, 2.05) is 32.3 Å². The van der Waals surface area contributed by atoms with Crippen molar-refractivity contribution in [3.63, 3.8) is 0 Å². The number of likely N-dealkylation sites (N-methyl/N-ethyl adjacent to an activating group) is 1. The van der Waals surface area contributed by atoms with Crippen molar-refractivity contribution in [2.75, 3.05) is 13.6 Å². The maximum Gasteiger partial charge on any atom is 0.254 e. The Morgan fingerprint density at radius 3 is 2.58 bits per heavy atom. The molecular weight excluding hydrogens is 236 g/mol. The predicted octanol–water partition coefficient (Wildman–Crippen LogP) is 2.50. The molecule has 0 saturated carbocycles. The molecular formula is C16H22N2O. The van der Waals surface area contributed by atoms with E-state index in [9.17, 15) is 4.79 Å². The number of aryl methyl sites for hydroxylation is 1. The Labute approximate surface area is 114 Å². The quantitative estimate of drug-likeness (QED) is 0.914. The van der Waals surface area contributed by atoms with Gasteiger partial charge in [-0.3, -0.25) is 4.79 Å². The molecule has 0 bridgehead atoms. The second-order valence-corrected chi connectivity index (χ2v) is 5.43. The number of rotatable bonds is 4. The third-order valence-corrected chi connectivity index (χ3v) is 3.79. The molecule has 1 N–H and O–H groups in total. The maximum absolute atomic E-state index is 12.5. The van der Waals surface area contributed by atoms with Gasteiger partial charge in [-0.2, -0.15) is 0 Å². The van der Waals surface area contributed by atoms with Crippen molar-refractivity contribution < 1.29 is 0 Å². The van der Waals surface area contributed by atoms with Gasteiger partial charge in [-0.15, -0.1) is 0 Å². The number of pyridine rings is 1. The summed E-state index contributed by atoms with van der Waals surface area (Å²) in [6, 6.07) is 10.1. The fourth-order valence-electron chi connectivity index (χ4n) is 2.64. The van der Waals surface area contributed by atoms with Crippen molar-refractivity contribution in [3.8, 4) is 0 Å². The predicted molar refractivity (Wildman–Crippen MR) is 80.7 cm³/mol. The first-order valence-electron chi connectivity index (χ1n) is 6.79. The summed E-state index contributed by atoms with van der Waals surface area (Å²) in [5.41, 5.74) is 2.02. The molecule has 2 aromatic rings. The van der Waals surface area contributed by atoms with E-state index in [-0.39, 0.29) is 11.5 Å². The van der Waals surface area contributed by atoms with E-state index in [0.29, 0.717) is 5.92 Å². The second-order valence-electron chi connectivity index (χ2n) is 5.43. The van der Waals surface area contributed by atoms with Gasteiger partial charge in [0.05, 0.1) is 5.52 Å². The van der Waals surface area contributed by atoms with E-state index in [1.54, 1.807) is 4.57 Å². The second kappa shape index (κ2) is 5.57. The topological polar surface area (TPSA) is 34.0 Å². The molecule has 0 aliphatic heterocycles. The van der Waals surface area contributed by atoms with Crippen molar-refractivity contribution in [1.82, 2.24) is 9.88 Å². The molecule has 19 heavy (non-hydrogen) atoms. The fraction of sp³-hybridized carbons (Fsp3) is 0.438. The van der Waals surface area contributed by atoms with Gasteiger partial charge in [0.2, 0.25) is 0 Å². The highest BCUT2D eigenvalue weighted by Crippen LogP contribution is 2.23. The normalized spacial score (nSPS) is 13.1. The summed E-state index contributed by atoms with van der Waals surface area (Å²) in [6.45, 7) is 5.15. The molecule has 3 nitrogen and oxygen atoms in total. The summed E-state index contributed by atoms with van der Waals surface area (Å²) in [5.74, 6) is 0.676. The molecule has 0 spiro atoms. The summed E-state index contributed by atoms with van der Waals surface area (Å²) in [6.07, 6.45) is 0. The number of hydrogen-bond acceptors (Lipinski definition) is 2. The molecule has 1 atom stereocenters. The van der Waals surface area contributed by atoms with Gasteiger partial charge >= 0.3 is 0 Å². The molecule has 0 radical (unpaired) electrons. The van der Waals surface area contributed by atoms with Gasteiger partial charge in [0.1, 0.15) is 0 Å². The molecule has 102 valence electrons. The molecule has 0 aliphatic rings. The van der Waals surface area contributed by atoms with Crippen molar-refractivity contribution in [1.29, 1.82) is 0 Å². The molecule has 0 amide bonds. The minimum atomic E-state index is 0.118. The zero-order valence-electron chi connectivity index (χ0n) is 12.1. The molecule has 0 saturated heterocycles. The van der Waals surface area contributed by atoms with E-state index < -0.39 is 0 Å². The first-order chi connectivity index (χ1) is 9.06. The van der Waals surface area contributed by atoms with Gasteiger partial charge in [0, 0.05) is 25.1 Å². The number of para-hydroxylation sites is 1. The highest BCUT2D eigenvalue weighted by atomic mass is 16.1. The summed E-state index contributed by atoms with van der Waals surface area (Å²) in [7, 11) is 3.78. The molecule has 3 heteroatoms.